The summed E-state index contributed by atoms with van der Waals surface area (Å²) in [5.74, 6) is 0.606. The van der Waals surface area contributed by atoms with Crippen molar-refractivity contribution in [2.75, 3.05) is 7.11 Å². The van der Waals surface area contributed by atoms with Crippen LogP contribution in [0.15, 0.2) is 69.9 Å². The van der Waals surface area contributed by atoms with Gasteiger partial charge < -0.3 is 9.47 Å². The predicted molar refractivity (Wildman–Crippen MR) is 127 cm³/mol. The second-order valence-electron chi connectivity index (χ2n) is 7.05. The summed E-state index contributed by atoms with van der Waals surface area (Å²) in [5, 5.41) is 0. The molecule has 2 aromatic heterocycles. The maximum absolute atomic E-state index is 13.9. The highest BCUT2D eigenvalue weighted by atomic mass is 79.9. The topological polar surface area (TPSA) is 52.8 Å². The smallest absolute Gasteiger partial charge is 0.274 e. The van der Waals surface area contributed by atoms with Crippen LogP contribution in [0.5, 0.6) is 11.5 Å². The van der Waals surface area contributed by atoms with Gasteiger partial charge in [0.05, 0.1) is 27.1 Å². The normalized spacial score (nSPS) is 12.0. The van der Waals surface area contributed by atoms with Crippen molar-refractivity contribution < 1.29 is 13.9 Å². The van der Waals surface area contributed by atoms with E-state index in [-0.39, 0.29) is 18.0 Å². The Balaban J connectivity index is 1.53. The zero-order valence-electron chi connectivity index (χ0n) is 16.8. The van der Waals surface area contributed by atoms with Crippen LogP contribution < -0.4 is 19.6 Å². The van der Waals surface area contributed by atoms with E-state index in [1.807, 2.05) is 30.3 Å². The van der Waals surface area contributed by atoms with Crippen LogP contribution in [0, 0.1) is 5.82 Å². The molecule has 5 rings (SSSR count). The lowest BCUT2D eigenvalue weighted by atomic mass is 10.2. The molecular weight excluding hydrogens is 495 g/mol. The number of rotatable bonds is 5. The number of methoxy groups -OCH3 is 1. The molecule has 0 bridgehead atoms. The summed E-state index contributed by atoms with van der Waals surface area (Å²) >= 11 is 4.84. The summed E-state index contributed by atoms with van der Waals surface area (Å²) in [5.41, 5.74) is 2.68. The van der Waals surface area contributed by atoms with Gasteiger partial charge in [-0.15, -0.1) is 0 Å². The molecule has 0 aliphatic heterocycles. The molecule has 3 aromatic carbocycles. The van der Waals surface area contributed by atoms with Gasteiger partial charge in [-0.3, -0.25) is 4.79 Å². The number of halogens is 2. The molecule has 0 saturated heterocycles. The number of hydrogen-bond acceptors (Lipinski definition) is 5. The third-order valence-corrected chi connectivity index (χ3v) is 6.58. The van der Waals surface area contributed by atoms with Gasteiger partial charge in [0, 0.05) is 5.56 Å². The first-order valence-corrected chi connectivity index (χ1v) is 11.3. The summed E-state index contributed by atoms with van der Waals surface area (Å²) in [6, 6.07) is 17.6. The number of nitrogens with zero attached hydrogens (tertiary/aromatic N) is 2. The number of para-hydroxylation sites is 2. The molecule has 0 aliphatic rings. The van der Waals surface area contributed by atoms with E-state index in [4.69, 9.17) is 9.47 Å². The van der Waals surface area contributed by atoms with E-state index in [0.717, 1.165) is 16.6 Å². The van der Waals surface area contributed by atoms with Crippen LogP contribution >= 0.6 is 27.3 Å². The fourth-order valence-electron chi connectivity index (χ4n) is 3.49. The van der Waals surface area contributed by atoms with Crippen molar-refractivity contribution in [2.24, 2.45) is 0 Å². The van der Waals surface area contributed by atoms with Crippen molar-refractivity contribution >= 4 is 49.3 Å². The summed E-state index contributed by atoms with van der Waals surface area (Å²) in [7, 11) is 1.53. The number of fused-ring (bicyclic) bond motifs is 3. The Kier molecular flexibility index (Phi) is 5.40. The predicted octanol–water partition coefficient (Wildman–Crippen LogP) is 4.95. The number of benzene rings is 3. The lowest BCUT2D eigenvalue weighted by Crippen LogP contribution is -2.22. The standard InChI is InChI=1S/C24H16BrFN2O3S/c1-30-20-11-14(10-16(25)22(20)31-13-15-6-2-3-7-17(15)26)12-21-23(29)28-19-9-5-4-8-18(19)27-24(28)32-21/h2-12H,13H2,1H3/b21-12-. The van der Waals surface area contributed by atoms with Gasteiger partial charge in [0.15, 0.2) is 16.5 Å². The molecule has 2 heterocycles. The molecule has 5 nitrogen and oxygen atoms in total. The van der Waals surface area contributed by atoms with Crippen molar-refractivity contribution in [3.05, 3.63) is 97.0 Å². The van der Waals surface area contributed by atoms with Crippen LogP contribution in [-0.4, -0.2) is 16.5 Å². The van der Waals surface area contributed by atoms with E-state index in [9.17, 15) is 9.18 Å². The van der Waals surface area contributed by atoms with Crippen LogP contribution in [0.2, 0.25) is 0 Å². The second kappa shape index (κ2) is 8.37. The minimum Gasteiger partial charge on any atom is -0.493 e. The van der Waals surface area contributed by atoms with Gasteiger partial charge in [0.2, 0.25) is 0 Å². The van der Waals surface area contributed by atoms with E-state index in [0.29, 0.717) is 31.0 Å². The highest BCUT2D eigenvalue weighted by Crippen LogP contribution is 2.37. The molecule has 0 aliphatic carbocycles. The third-order valence-electron chi connectivity index (χ3n) is 5.02. The monoisotopic (exact) mass is 510 g/mol. The van der Waals surface area contributed by atoms with Gasteiger partial charge in [0.1, 0.15) is 12.4 Å². The minimum atomic E-state index is -0.328. The average Bonchev–Trinajstić information content (AvgIpc) is 3.30. The Morgan fingerprint density at radius 2 is 1.94 bits per heavy atom. The van der Waals surface area contributed by atoms with Crippen molar-refractivity contribution in [2.45, 2.75) is 6.61 Å². The van der Waals surface area contributed by atoms with Crippen molar-refractivity contribution in [3.8, 4) is 11.5 Å². The lowest BCUT2D eigenvalue weighted by Gasteiger charge is -2.14. The Labute approximate surface area is 194 Å². The minimum absolute atomic E-state index is 0.0601. The van der Waals surface area contributed by atoms with Crippen molar-refractivity contribution in [3.63, 3.8) is 0 Å². The summed E-state index contributed by atoms with van der Waals surface area (Å²) in [6.07, 6.45) is 1.80. The molecule has 0 amide bonds. The average molecular weight is 511 g/mol. The number of thiazole rings is 1. The van der Waals surface area contributed by atoms with Gasteiger partial charge in [-0.05, 0) is 57.9 Å². The Hall–Kier alpha value is -3.23. The molecule has 0 atom stereocenters. The molecule has 0 fully saturated rings. The Morgan fingerprint density at radius 1 is 1.16 bits per heavy atom. The summed E-state index contributed by atoms with van der Waals surface area (Å²) in [6.45, 7) is 0.0601. The fraction of sp³-hybridized carbons (Fsp3) is 0.0833. The molecule has 32 heavy (non-hydrogen) atoms. The quantitative estimate of drug-likeness (QED) is 0.335. The van der Waals surface area contributed by atoms with Crippen LogP contribution in [-0.2, 0) is 6.61 Å². The lowest BCUT2D eigenvalue weighted by molar-refractivity contribution is 0.278. The first-order chi connectivity index (χ1) is 15.5. The molecule has 5 aromatic rings. The van der Waals surface area contributed by atoms with Crippen LogP contribution in [0.25, 0.3) is 22.1 Å². The first kappa shape index (κ1) is 20.7. The van der Waals surface area contributed by atoms with E-state index < -0.39 is 0 Å². The first-order valence-electron chi connectivity index (χ1n) is 9.70. The highest BCUT2D eigenvalue weighted by molar-refractivity contribution is 9.10. The summed E-state index contributed by atoms with van der Waals surface area (Å²) < 4.78 is 28.1. The number of ether oxygens (including phenoxy) is 2. The van der Waals surface area contributed by atoms with Gasteiger partial charge >= 0.3 is 0 Å². The largest absolute Gasteiger partial charge is 0.493 e. The maximum Gasteiger partial charge on any atom is 0.274 e. The van der Waals surface area contributed by atoms with Gasteiger partial charge in [-0.1, -0.05) is 41.7 Å². The van der Waals surface area contributed by atoms with Gasteiger partial charge in [-0.25, -0.2) is 13.8 Å². The fourth-order valence-corrected chi connectivity index (χ4v) is 5.05. The number of hydrogen-bond donors (Lipinski definition) is 0. The third kappa shape index (κ3) is 3.65. The Morgan fingerprint density at radius 3 is 2.75 bits per heavy atom. The van der Waals surface area contributed by atoms with Gasteiger partial charge in [-0.2, -0.15) is 0 Å². The van der Waals surface area contributed by atoms with E-state index in [1.54, 1.807) is 34.7 Å². The van der Waals surface area contributed by atoms with E-state index >= 15 is 0 Å². The highest BCUT2D eigenvalue weighted by Gasteiger charge is 2.14. The Bertz CT molecular complexity index is 1580. The maximum atomic E-state index is 13.9. The molecule has 8 heteroatoms. The molecule has 0 N–H and O–H groups in total. The van der Waals surface area contributed by atoms with Gasteiger partial charge in [0.25, 0.3) is 5.56 Å². The molecule has 0 saturated carbocycles. The number of aromatic nitrogens is 2. The molecular formula is C24H16BrFN2O3S. The van der Waals surface area contributed by atoms with E-state index in [2.05, 4.69) is 20.9 Å². The molecule has 160 valence electrons. The zero-order valence-corrected chi connectivity index (χ0v) is 19.2. The number of imidazole rings is 1. The molecule has 0 radical (unpaired) electrons. The summed E-state index contributed by atoms with van der Waals surface area (Å²) in [4.78, 5) is 18.2. The van der Waals surface area contributed by atoms with Crippen LogP contribution in [0.4, 0.5) is 4.39 Å². The van der Waals surface area contributed by atoms with E-state index in [1.165, 1.54) is 24.5 Å². The van der Waals surface area contributed by atoms with Crippen LogP contribution in [0.3, 0.4) is 0 Å². The SMILES string of the molecule is COc1cc(/C=c2\sc3nc4ccccc4n3c2=O)cc(Br)c1OCc1ccccc1F. The van der Waals surface area contributed by atoms with Crippen molar-refractivity contribution in [1.82, 2.24) is 9.38 Å². The van der Waals surface area contributed by atoms with Crippen LogP contribution in [0.1, 0.15) is 11.1 Å². The molecule has 0 unspecified atom stereocenters. The molecule has 0 spiro atoms. The zero-order chi connectivity index (χ0) is 22.2. The second-order valence-corrected chi connectivity index (χ2v) is 8.91. The van der Waals surface area contributed by atoms with Crippen molar-refractivity contribution in [1.29, 1.82) is 0 Å².